The summed E-state index contributed by atoms with van der Waals surface area (Å²) in [6, 6.07) is 12.8. The number of anilines is 2. The van der Waals surface area contributed by atoms with Gasteiger partial charge in [0.2, 0.25) is 5.91 Å². The molecular weight excluding hydrogens is 372 g/mol. The number of nitrogens with one attached hydrogen (secondary N) is 1. The first-order valence-electron chi connectivity index (χ1n) is 9.24. The van der Waals surface area contributed by atoms with Gasteiger partial charge in [0.05, 0.1) is 11.4 Å². The first-order valence-corrected chi connectivity index (χ1v) is 9.24. The van der Waals surface area contributed by atoms with Crippen LogP contribution < -0.4 is 15.0 Å². The van der Waals surface area contributed by atoms with E-state index in [1.54, 1.807) is 11.8 Å². The van der Waals surface area contributed by atoms with Gasteiger partial charge in [0.1, 0.15) is 12.1 Å². The predicted molar refractivity (Wildman–Crippen MR) is 106 cm³/mol. The Morgan fingerprint density at radius 3 is 2.76 bits per heavy atom. The van der Waals surface area contributed by atoms with Gasteiger partial charge in [0.15, 0.2) is 6.10 Å². The first kappa shape index (κ1) is 18.6. The fraction of sp³-hybridized carbons (Fsp3) is 0.250. The third-order valence-electron chi connectivity index (χ3n) is 4.81. The Labute approximate surface area is 167 Å². The minimum absolute atomic E-state index is 0.154. The zero-order valence-electron chi connectivity index (χ0n) is 16.1. The van der Waals surface area contributed by atoms with E-state index in [2.05, 4.69) is 20.8 Å². The fourth-order valence-electron chi connectivity index (χ4n) is 3.29. The fourth-order valence-corrected chi connectivity index (χ4v) is 3.29. The second kappa shape index (κ2) is 7.70. The van der Waals surface area contributed by atoms with Gasteiger partial charge in [-0.25, -0.2) is 4.68 Å². The summed E-state index contributed by atoms with van der Waals surface area (Å²) in [6.45, 7) is 3.86. The van der Waals surface area contributed by atoms with Crippen molar-refractivity contribution in [3.8, 4) is 11.4 Å². The summed E-state index contributed by atoms with van der Waals surface area (Å²) in [5, 5.41) is 14.1. The summed E-state index contributed by atoms with van der Waals surface area (Å²) in [6.07, 6.45) is 1.07. The molecule has 0 saturated carbocycles. The lowest BCUT2D eigenvalue weighted by Gasteiger charge is -2.32. The number of hydrogen-bond donors (Lipinski definition) is 1. The summed E-state index contributed by atoms with van der Waals surface area (Å²) in [5.74, 6) is 0.296. The molecule has 3 aromatic rings. The molecule has 29 heavy (non-hydrogen) atoms. The van der Waals surface area contributed by atoms with Crippen LogP contribution in [0.4, 0.5) is 11.4 Å². The molecule has 1 atom stereocenters. The molecule has 0 spiro atoms. The van der Waals surface area contributed by atoms with E-state index in [-0.39, 0.29) is 24.8 Å². The maximum absolute atomic E-state index is 12.6. The molecule has 1 aliphatic rings. The highest BCUT2D eigenvalue weighted by Crippen LogP contribution is 2.33. The van der Waals surface area contributed by atoms with E-state index < -0.39 is 6.10 Å². The Bertz CT molecular complexity index is 1050. The average Bonchev–Trinajstić information content (AvgIpc) is 3.24. The van der Waals surface area contributed by atoms with E-state index in [0.29, 0.717) is 17.1 Å². The van der Waals surface area contributed by atoms with Crippen molar-refractivity contribution < 1.29 is 14.3 Å². The van der Waals surface area contributed by atoms with Gasteiger partial charge in [0.25, 0.3) is 5.91 Å². The highest BCUT2D eigenvalue weighted by Gasteiger charge is 2.31. The number of ether oxygens (including phenoxy) is 1. The topological polar surface area (TPSA) is 102 Å². The van der Waals surface area contributed by atoms with E-state index in [1.165, 1.54) is 11.0 Å². The van der Waals surface area contributed by atoms with Crippen LogP contribution >= 0.6 is 0 Å². The molecule has 2 amide bonds. The number of tetrazole rings is 1. The Morgan fingerprint density at radius 2 is 1.97 bits per heavy atom. The molecule has 0 aliphatic carbocycles. The van der Waals surface area contributed by atoms with Crippen molar-refractivity contribution in [3.05, 3.63) is 54.4 Å². The van der Waals surface area contributed by atoms with Crippen LogP contribution in [0.25, 0.3) is 5.69 Å². The van der Waals surface area contributed by atoms with Crippen molar-refractivity contribution in [3.63, 3.8) is 0 Å². The summed E-state index contributed by atoms with van der Waals surface area (Å²) in [7, 11) is 0. The highest BCUT2D eigenvalue weighted by molar-refractivity contribution is 6.01. The van der Waals surface area contributed by atoms with E-state index in [9.17, 15) is 9.59 Å². The van der Waals surface area contributed by atoms with Gasteiger partial charge in [-0.05, 0) is 54.1 Å². The maximum Gasteiger partial charge on any atom is 0.267 e. The molecule has 0 fully saturated rings. The standard InChI is InChI=1S/C20H20N6O3/c1-13-15(6-5-8-16(13)26-12-21-23-24-26)22-19(27)10-11-25-17-7-3-4-9-18(17)29-14(2)20(25)28/h3-9,12,14H,10-11H2,1-2H3,(H,22,27)/t14-/m0/s1. The van der Waals surface area contributed by atoms with Gasteiger partial charge in [0, 0.05) is 18.7 Å². The quantitative estimate of drug-likeness (QED) is 0.714. The number of carbonyl (C=O) groups excluding carboxylic acids is 2. The first-order chi connectivity index (χ1) is 14.0. The molecule has 1 aromatic heterocycles. The second-order valence-electron chi connectivity index (χ2n) is 6.72. The number of rotatable bonds is 5. The monoisotopic (exact) mass is 392 g/mol. The third kappa shape index (κ3) is 3.66. The minimum atomic E-state index is -0.580. The van der Waals surface area contributed by atoms with E-state index in [1.807, 2.05) is 49.4 Å². The predicted octanol–water partition coefficient (Wildman–Crippen LogP) is 2.11. The largest absolute Gasteiger partial charge is 0.479 e. The SMILES string of the molecule is Cc1c(NC(=O)CCN2C(=O)[C@H](C)Oc3ccccc32)cccc1-n1cnnn1. The zero-order valence-corrected chi connectivity index (χ0v) is 16.1. The minimum Gasteiger partial charge on any atom is -0.479 e. The van der Waals surface area contributed by atoms with Crippen LogP contribution in [0.5, 0.6) is 5.75 Å². The van der Waals surface area contributed by atoms with Crippen LogP contribution in [0.3, 0.4) is 0 Å². The highest BCUT2D eigenvalue weighted by atomic mass is 16.5. The summed E-state index contributed by atoms with van der Waals surface area (Å²) < 4.78 is 7.17. The van der Waals surface area contributed by atoms with Crippen molar-refractivity contribution in [1.82, 2.24) is 20.2 Å². The van der Waals surface area contributed by atoms with Gasteiger partial charge < -0.3 is 15.0 Å². The van der Waals surface area contributed by atoms with E-state index >= 15 is 0 Å². The van der Waals surface area contributed by atoms with Crippen molar-refractivity contribution in [2.24, 2.45) is 0 Å². The summed E-state index contributed by atoms with van der Waals surface area (Å²) >= 11 is 0. The van der Waals surface area contributed by atoms with Crippen LogP contribution in [0.1, 0.15) is 18.9 Å². The number of nitrogens with zero attached hydrogens (tertiary/aromatic N) is 5. The Balaban J connectivity index is 1.46. The smallest absolute Gasteiger partial charge is 0.267 e. The lowest BCUT2D eigenvalue weighted by atomic mass is 10.1. The number of carbonyl (C=O) groups is 2. The van der Waals surface area contributed by atoms with Crippen LogP contribution in [0, 0.1) is 6.92 Å². The molecule has 4 rings (SSSR count). The van der Waals surface area contributed by atoms with Crippen molar-refractivity contribution in [1.29, 1.82) is 0 Å². The Morgan fingerprint density at radius 1 is 1.17 bits per heavy atom. The van der Waals surface area contributed by atoms with E-state index in [0.717, 1.165) is 11.3 Å². The lowest BCUT2D eigenvalue weighted by Crippen LogP contribution is -2.45. The molecule has 1 N–H and O–H groups in total. The molecule has 148 valence electrons. The Kier molecular flexibility index (Phi) is 4.94. The number of para-hydroxylation sites is 2. The van der Waals surface area contributed by atoms with Gasteiger partial charge in [-0.3, -0.25) is 9.59 Å². The van der Waals surface area contributed by atoms with Gasteiger partial charge in [-0.1, -0.05) is 18.2 Å². The van der Waals surface area contributed by atoms with Gasteiger partial charge in [-0.2, -0.15) is 0 Å². The van der Waals surface area contributed by atoms with Crippen molar-refractivity contribution >= 4 is 23.2 Å². The molecule has 9 heteroatoms. The zero-order chi connectivity index (χ0) is 20.4. The molecule has 2 heterocycles. The average molecular weight is 392 g/mol. The Hall–Kier alpha value is -3.75. The lowest BCUT2D eigenvalue weighted by molar-refractivity contribution is -0.125. The second-order valence-corrected chi connectivity index (χ2v) is 6.72. The van der Waals surface area contributed by atoms with E-state index in [4.69, 9.17) is 4.74 Å². The number of amides is 2. The third-order valence-corrected chi connectivity index (χ3v) is 4.81. The van der Waals surface area contributed by atoms with Crippen LogP contribution in [0.15, 0.2) is 48.8 Å². The number of fused-ring (bicyclic) bond motifs is 1. The van der Waals surface area contributed by atoms with Crippen molar-refractivity contribution in [2.75, 3.05) is 16.8 Å². The molecule has 9 nitrogen and oxygen atoms in total. The molecule has 1 aliphatic heterocycles. The maximum atomic E-state index is 12.6. The van der Waals surface area contributed by atoms with Gasteiger partial charge >= 0.3 is 0 Å². The number of benzene rings is 2. The molecule has 0 saturated heterocycles. The summed E-state index contributed by atoms with van der Waals surface area (Å²) in [4.78, 5) is 26.7. The number of hydrogen-bond acceptors (Lipinski definition) is 6. The molecule has 0 bridgehead atoms. The van der Waals surface area contributed by atoms with Gasteiger partial charge in [-0.15, -0.1) is 5.10 Å². The number of aromatic nitrogens is 4. The van der Waals surface area contributed by atoms with Crippen LogP contribution in [-0.2, 0) is 9.59 Å². The molecular formula is C20H20N6O3. The van der Waals surface area contributed by atoms with Crippen LogP contribution in [0.2, 0.25) is 0 Å². The molecule has 0 radical (unpaired) electrons. The molecule has 2 aromatic carbocycles. The van der Waals surface area contributed by atoms with Crippen molar-refractivity contribution in [2.45, 2.75) is 26.4 Å². The van der Waals surface area contributed by atoms with Crippen LogP contribution in [-0.4, -0.2) is 44.7 Å². The molecule has 0 unspecified atom stereocenters. The normalized spacial score (nSPS) is 15.6. The summed E-state index contributed by atoms with van der Waals surface area (Å²) in [5.41, 5.74) is 2.97.